The summed E-state index contributed by atoms with van der Waals surface area (Å²) in [7, 11) is 1.89. The van der Waals surface area contributed by atoms with E-state index in [9.17, 15) is 5.11 Å². The summed E-state index contributed by atoms with van der Waals surface area (Å²) in [6.45, 7) is 6.11. The van der Waals surface area contributed by atoms with Crippen molar-refractivity contribution in [3.63, 3.8) is 0 Å². The van der Waals surface area contributed by atoms with Gasteiger partial charge in [0.2, 0.25) is 0 Å². The van der Waals surface area contributed by atoms with Crippen molar-refractivity contribution >= 4 is 0 Å². The van der Waals surface area contributed by atoms with Crippen LogP contribution in [0.2, 0.25) is 0 Å². The van der Waals surface area contributed by atoms with Crippen LogP contribution in [-0.2, 0) is 13.5 Å². The summed E-state index contributed by atoms with van der Waals surface area (Å²) >= 11 is 0. The lowest BCUT2D eigenvalue weighted by Gasteiger charge is -2.30. The molecule has 0 aliphatic carbocycles. The van der Waals surface area contributed by atoms with Gasteiger partial charge in [0.15, 0.2) is 0 Å². The summed E-state index contributed by atoms with van der Waals surface area (Å²) in [6.07, 6.45) is 3.31. The Hall–Kier alpha value is -0.830. The van der Waals surface area contributed by atoms with Crippen LogP contribution in [0.3, 0.4) is 0 Å². The zero-order valence-corrected chi connectivity index (χ0v) is 9.49. The van der Waals surface area contributed by atoms with E-state index in [1.165, 1.54) is 0 Å². The lowest BCUT2D eigenvalue weighted by Crippen LogP contribution is -2.36. The maximum absolute atomic E-state index is 10.3. The zero-order valence-electron chi connectivity index (χ0n) is 9.49. The van der Waals surface area contributed by atoms with Crippen LogP contribution in [0, 0.1) is 5.92 Å². The highest BCUT2D eigenvalue weighted by Crippen LogP contribution is 2.24. The molecule has 0 spiro atoms. The first-order valence-electron chi connectivity index (χ1n) is 5.19. The minimum atomic E-state index is -0.617. The van der Waals surface area contributed by atoms with E-state index in [-0.39, 0.29) is 5.92 Å². The second-order valence-corrected chi connectivity index (χ2v) is 4.27. The molecule has 1 N–H and O–H groups in total. The van der Waals surface area contributed by atoms with E-state index in [2.05, 4.69) is 5.10 Å². The highest BCUT2D eigenvalue weighted by atomic mass is 16.3. The molecule has 1 rings (SSSR count). The van der Waals surface area contributed by atoms with E-state index in [1.807, 2.05) is 40.1 Å². The highest BCUT2D eigenvalue weighted by Gasteiger charge is 2.29. The van der Waals surface area contributed by atoms with Crippen molar-refractivity contribution in [2.24, 2.45) is 13.0 Å². The molecular formula is C11H20N2O. The first-order valence-corrected chi connectivity index (χ1v) is 5.19. The number of hydrogen-bond acceptors (Lipinski definition) is 2. The largest absolute Gasteiger partial charge is 0.389 e. The standard InChI is InChI=1S/C11H20N2O/c1-5-11(14,9(2)3)8-10-6-7-13(4)12-10/h6-7,9,14H,5,8H2,1-4H3. The first kappa shape index (κ1) is 11.2. The van der Waals surface area contributed by atoms with Crippen molar-refractivity contribution in [2.75, 3.05) is 0 Å². The van der Waals surface area contributed by atoms with E-state index in [4.69, 9.17) is 0 Å². The second kappa shape index (κ2) is 4.13. The van der Waals surface area contributed by atoms with Crippen molar-refractivity contribution < 1.29 is 5.11 Å². The van der Waals surface area contributed by atoms with Crippen LogP contribution in [0.5, 0.6) is 0 Å². The van der Waals surface area contributed by atoms with Gasteiger partial charge in [-0.2, -0.15) is 5.10 Å². The van der Waals surface area contributed by atoms with Gasteiger partial charge in [-0.3, -0.25) is 4.68 Å². The molecule has 0 aliphatic rings. The quantitative estimate of drug-likeness (QED) is 0.797. The maximum atomic E-state index is 10.3. The molecule has 3 nitrogen and oxygen atoms in total. The van der Waals surface area contributed by atoms with Gasteiger partial charge in [0.05, 0.1) is 11.3 Å². The smallest absolute Gasteiger partial charge is 0.0723 e. The molecule has 1 unspecified atom stereocenters. The zero-order chi connectivity index (χ0) is 10.8. The summed E-state index contributed by atoms with van der Waals surface area (Å²) in [5, 5.41) is 14.6. The van der Waals surface area contributed by atoms with Gasteiger partial charge in [-0.25, -0.2) is 0 Å². The molecule has 0 aromatic carbocycles. The topological polar surface area (TPSA) is 38.0 Å². The van der Waals surface area contributed by atoms with Crippen LogP contribution in [0.15, 0.2) is 12.3 Å². The molecule has 14 heavy (non-hydrogen) atoms. The number of aromatic nitrogens is 2. The second-order valence-electron chi connectivity index (χ2n) is 4.27. The molecule has 3 heteroatoms. The lowest BCUT2D eigenvalue weighted by molar-refractivity contribution is -0.00919. The van der Waals surface area contributed by atoms with Crippen LogP contribution >= 0.6 is 0 Å². The fourth-order valence-electron chi connectivity index (χ4n) is 1.61. The average molecular weight is 196 g/mol. The third-order valence-electron chi connectivity index (χ3n) is 2.94. The Balaban J connectivity index is 2.75. The molecule has 0 bridgehead atoms. The molecule has 1 aromatic heterocycles. The van der Waals surface area contributed by atoms with Crippen molar-refractivity contribution in [1.82, 2.24) is 9.78 Å². The first-order chi connectivity index (χ1) is 6.48. The van der Waals surface area contributed by atoms with Crippen LogP contribution in [0.25, 0.3) is 0 Å². The van der Waals surface area contributed by atoms with Crippen molar-refractivity contribution in [1.29, 1.82) is 0 Å². The molecule has 0 amide bonds. The van der Waals surface area contributed by atoms with Gasteiger partial charge in [0.1, 0.15) is 0 Å². The summed E-state index contributed by atoms with van der Waals surface area (Å²) in [4.78, 5) is 0. The predicted molar refractivity (Wildman–Crippen MR) is 57.0 cm³/mol. The van der Waals surface area contributed by atoms with E-state index in [0.29, 0.717) is 6.42 Å². The third-order valence-corrected chi connectivity index (χ3v) is 2.94. The predicted octanol–water partition coefficient (Wildman–Crippen LogP) is 1.76. The number of hydrogen-bond donors (Lipinski definition) is 1. The van der Waals surface area contributed by atoms with Crippen LogP contribution in [-0.4, -0.2) is 20.5 Å². The van der Waals surface area contributed by atoms with Gasteiger partial charge in [-0.15, -0.1) is 0 Å². The van der Waals surface area contributed by atoms with Gasteiger partial charge in [0.25, 0.3) is 0 Å². The van der Waals surface area contributed by atoms with Gasteiger partial charge >= 0.3 is 0 Å². The Kier molecular flexibility index (Phi) is 3.32. The van der Waals surface area contributed by atoms with Crippen molar-refractivity contribution in [3.8, 4) is 0 Å². The number of rotatable bonds is 4. The maximum Gasteiger partial charge on any atom is 0.0723 e. The Morgan fingerprint density at radius 2 is 2.21 bits per heavy atom. The van der Waals surface area contributed by atoms with Crippen LogP contribution < -0.4 is 0 Å². The molecule has 0 aliphatic heterocycles. The van der Waals surface area contributed by atoms with Gasteiger partial charge in [-0.05, 0) is 18.4 Å². The Morgan fingerprint density at radius 1 is 1.57 bits per heavy atom. The molecule has 0 saturated heterocycles. The molecule has 1 atom stereocenters. The summed E-state index contributed by atoms with van der Waals surface area (Å²) in [5.41, 5.74) is 0.347. The Morgan fingerprint density at radius 3 is 2.57 bits per heavy atom. The highest BCUT2D eigenvalue weighted by molar-refractivity contribution is 5.04. The number of aliphatic hydroxyl groups is 1. The minimum absolute atomic E-state index is 0.259. The van der Waals surface area contributed by atoms with E-state index >= 15 is 0 Å². The summed E-state index contributed by atoms with van der Waals surface area (Å²) in [6, 6.07) is 1.96. The molecule has 0 saturated carbocycles. The molecule has 0 radical (unpaired) electrons. The third kappa shape index (κ3) is 2.35. The average Bonchev–Trinajstić information content (AvgIpc) is 2.50. The van der Waals surface area contributed by atoms with E-state index in [1.54, 1.807) is 4.68 Å². The molecule has 80 valence electrons. The summed E-state index contributed by atoms with van der Waals surface area (Å²) < 4.78 is 1.77. The summed E-state index contributed by atoms with van der Waals surface area (Å²) in [5.74, 6) is 0.259. The van der Waals surface area contributed by atoms with Crippen LogP contribution in [0.1, 0.15) is 32.9 Å². The van der Waals surface area contributed by atoms with Crippen LogP contribution in [0.4, 0.5) is 0 Å². The fraction of sp³-hybridized carbons (Fsp3) is 0.727. The van der Waals surface area contributed by atoms with Gasteiger partial charge in [-0.1, -0.05) is 20.8 Å². The lowest BCUT2D eigenvalue weighted by atomic mass is 9.84. The fourth-order valence-corrected chi connectivity index (χ4v) is 1.61. The van der Waals surface area contributed by atoms with Gasteiger partial charge in [0, 0.05) is 19.7 Å². The number of aryl methyl sites for hydroxylation is 1. The molecule has 0 fully saturated rings. The molecular weight excluding hydrogens is 176 g/mol. The van der Waals surface area contributed by atoms with Crippen molar-refractivity contribution in [3.05, 3.63) is 18.0 Å². The van der Waals surface area contributed by atoms with Gasteiger partial charge < -0.3 is 5.11 Å². The Labute approximate surface area is 85.8 Å². The molecule has 1 heterocycles. The Bertz CT molecular complexity index is 293. The van der Waals surface area contributed by atoms with Crippen molar-refractivity contribution in [2.45, 2.75) is 39.2 Å². The minimum Gasteiger partial charge on any atom is -0.389 e. The molecule has 1 aromatic rings. The number of nitrogens with zero attached hydrogens (tertiary/aromatic N) is 2. The SMILES string of the molecule is CCC(O)(Cc1ccn(C)n1)C(C)C. The monoisotopic (exact) mass is 196 g/mol. The van der Waals surface area contributed by atoms with E-state index < -0.39 is 5.60 Å². The van der Waals surface area contributed by atoms with E-state index in [0.717, 1.165) is 12.1 Å². The normalized spacial score (nSPS) is 15.9.